The lowest BCUT2D eigenvalue weighted by molar-refractivity contribution is -1.02. The van der Waals surface area contributed by atoms with Gasteiger partial charge < -0.3 is 20.0 Å². The minimum Gasteiger partial charge on any atom is -0.379 e. The van der Waals surface area contributed by atoms with Gasteiger partial charge in [0.15, 0.2) is 12.2 Å². The highest BCUT2D eigenvalue weighted by molar-refractivity contribution is 4.64. The molecule has 0 bridgehead atoms. The molecule has 0 saturated carbocycles. The Morgan fingerprint density at radius 1 is 0.700 bits per heavy atom. The Morgan fingerprint density at radius 2 is 0.950 bits per heavy atom. The molecule has 0 unspecified atom stereocenters. The third kappa shape index (κ3) is 5.43. The first-order chi connectivity index (χ1) is 9.00. The molecule has 1 rings (SSSR count). The zero-order valence-corrected chi connectivity index (χ0v) is 10.6. The summed E-state index contributed by atoms with van der Waals surface area (Å²) in [5, 5.41) is 17.8. The largest absolute Gasteiger partial charge is 0.419 e. The van der Waals surface area contributed by atoms with E-state index < -0.39 is 37.7 Å². The van der Waals surface area contributed by atoms with Crippen LogP contribution in [0.5, 0.6) is 0 Å². The number of alkyl halides is 6. The predicted octanol–water partition coefficient (Wildman–Crippen LogP) is -2.38. The van der Waals surface area contributed by atoms with Gasteiger partial charge in [0.25, 0.3) is 0 Å². The summed E-state index contributed by atoms with van der Waals surface area (Å²) in [6.07, 6.45) is -14.2. The van der Waals surface area contributed by atoms with Crippen LogP contribution in [0.4, 0.5) is 26.3 Å². The number of piperazine rings is 1. The van der Waals surface area contributed by atoms with E-state index in [1.165, 1.54) is 0 Å². The van der Waals surface area contributed by atoms with E-state index in [2.05, 4.69) is 0 Å². The second-order valence-corrected chi connectivity index (χ2v) is 5.02. The smallest absolute Gasteiger partial charge is 0.379 e. The van der Waals surface area contributed by atoms with E-state index in [1.807, 2.05) is 0 Å². The van der Waals surface area contributed by atoms with Crippen molar-refractivity contribution in [2.45, 2.75) is 24.6 Å². The van der Waals surface area contributed by atoms with Crippen LogP contribution in [0, 0.1) is 0 Å². The molecule has 120 valence electrons. The van der Waals surface area contributed by atoms with Gasteiger partial charge in [-0.2, -0.15) is 26.3 Å². The minimum atomic E-state index is -4.68. The van der Waals surface area contributed by atoms with Crippen molar-refractivity contribution in [2.75, 3.05) is 39.3 Å². The maximum absolute atomic E-state index is 12.2. The zero-order valence-electron chi connectivity index (χ0n) is 10.6. The number of aliphatic hydroxyl groups is 2. The Labute approximate surface area is 111 Å². The molecule has 0 aromatic carbocycles. The Balaban J connectivity index is 2.34. The standard InChI is InChI=1S/C10H16F6N2O2/c11-9(12,13)7(19)5-17-1-2-18(4-3-17)6-8(20)10(14,15)16/h7-8,19-20H,1-6H2/p+2/t7-,8-/m0/s1. The summed E-state index contributed by atoms with van der Waals surface area (Å²) in [6.45, 7) is -0.0859. The van der Waals surface area contributed by atoms with Crippen LogP contribution < -0.4 is 9.80 Å². The van der Waals surface area contributed by atoms with Crippen LogP contribution >= 0.6 is 0 Å². The van der Waals surface area contributed by atoms with Crippen molar-refractivity contribution in [3.8, 4) is 0 Å². The Bertz CT molecular complexity index is 271. The summed E-state index contributed by atoms with van der Waals surface area (Å²) in [5.41, 5.74) is 0. The Morgan fingerprint density at radius 3 is 1.15 bits per heavy atom. The SMILES string of the molecule is O[C@@H](C[NH+]1CC[NH+](C[C@H](O)C(F)(F)F)CC1)C(F)(F)F. The predicted molar refractivity (Wildman–Crippen MR) is 55.3 cm³/mol. The van der Waals surface area contributed by atoms with Crippen LogP contribution in [0.3, 0.4) is 0 Å². The molecule has 1 heterocycles. The molecule has 1 aliphatic rings. The molecule has 0 spiro atoms. The Kier molecular flexibility index (Phi) is 5.64. The van der Waals surface area contributed by atoms with Crippen molar-refractivity contribution in [3.63, 3.8) is 0 Å². The molecule has 10 heteroatoms. The van der Waals surface area contributed by atoms with E-state index >= 15 is 0 Å². The second kappa shape index (κ2) is 6.46. The average molecular weight is 312 g/mol. The fraction of sp³-hybridized carbons (Fsp3) is 1.00. The maximum Gasteiger partial charge on any atom is 0.419 e. The van der Waals surface area contributed by atoms with Gasteiger partial charge in [0, 0.05) is 0 Å². The van der Waals surface area contributed by atoms with Gasteiger partial charge in [-0.15, -0.1) is 0 Å². The number of aliphatic hydroxyl groups excluding tert-OH is 2. The van der Waals surface area contributed by atoms with Gasteiger partial charge in [-0.3, -0.25) is 0 Å². The second-order valence-electron chi connectivity index (χ2n) is 5.02. The van der Waals surface area contributed by atoms with Crippen LogP contribution in [0.25, 0.3) is 0 Å². The third-order valence-corrected chi connectivity index (χ3v) is 3.38. The van der Waals surface area contributed by atoms with Gasteiger partial charge in [0.05, 0.1) is 0 Å². The summed E-state index contributed by atoms with van der Waals surface area (Å²) < 4.78 is 72.9. The van der Waals surface area contributed by atoms with E-state index in [0.29, 0.717) is 9.80 Å². The topological polar surface area (TPSA) is 49.3 Å². The van der Waals surface area contributed by atoms with E-state index in [1.54, 1.807) is 0 Å². The monoisotopic (exact) mass is 312 g/mol. The molecule has 2 atom stereocenters. The number of hydrogen-bond acceptors (Lipinski definition) is 2. The molecule has 0 aliphatic carbocycles. The summed E-state index contributed by atoms with van der Waals surface area (Å²) in [6, 6.07) is 0. The van der Waals surface area contributed by atoms with E-state index in [4.69, 9.17) is 10.2 Å². The normalized spacial score (nSPS) is 28.2. The molecule has 0 aromatic rings. The molecule has 0 radical (unpaired) electrons. The molecule has 4 nitrogen and oxygen atoms in total. The van der Waals surface area contributed by atoms with Crippen molar-refractivity contribution < 1.29 is 46.4 Å². The Hall–Kier alpha value is -0.580. The van der Waals surface area contributed by atoms with E-state index in [0.717, 1.165) is 0 Å². The van der Waals surface area contributed by atoms with Crippen molar-refractivity contribution >= 4 is 0 Å². The fourth-order valence-corrected chi connectivity index (χ4v) is 2.14. The van der Waals surface area contributed by atoms with Gasteiger partial charge in [-0.1, -0.05) is 0 Å². The molecule has 1 aliphatic heterocycles. The fourth-order valence-electron chi connectivity index (χ4n) is 2.14. The van der Waals surface area contributed by atoms with Gasteiger partial charge in [-0.05, 0) is 0 Å². The first-order valence-corrected chi connectivity index (χ1v) is 6.17. The summed E-state index contributed by atoms with van der Waals surface area (Å²) in [5.74, 6) is 0. The van der Waals surface area contributed by atoms with Crippen LogP contribution in [-0.4, -0.2) is 74.0 Å². The number of quaternary nitrogens is 2. The zero-order chi connectivity index (χ0) is 15.6. The van der Waals surface area contributed by atoms with Gasteiger partial charge >= 0.3 is 12.4 Å². The number of halogens is 6. The van der Waals surface area contributed by atoms with Gasteiger partial charge in [0.2, 0.25) is 0 Å². The number of nitrogens with one attached hydrogen (secondary N) is 2. The first-order valence-electron chi connectivity index (χ1n) is 6.17. The maximum atomic E-state index is 12.2. The average Bonchev–Trinajstić information content (AvgIpc) is 2.29. The highest BCUT2D eigenvalue weighted by Gasteiger charge is 2.43. The van der Waals surface area contributed by atoms with Crippen molar-refractivity contribution in [3.05, 3.63) is 0 Å². The molecule has 4 N–H and O–H groups in total. The van der Waals surface area contributed by atoms with Crippen LogP contribution in [0.1, 0.15) is 0 Å². The molecule has 0 amide bonds. The molecular weight excluding hydrogens is 294 g/mol. The van der Waals surface area contributed by atoms with Crippen molar-refractivity contribution in [1.82, 2.24) is 0 Å². The van der Waals surface area contributed by atoms with E-state index in [-0.39, 0.29) is 26.2 Å². The highest BCUT2D eigenvalue weighted by Crippen LogP contribution is 2.19. The van der Waals surface area contributed by atoms with Crippen LogP contribution in [0.15, 0.2) is 0 Å². The third-order valence-electron chi connectivity index (χ3n) is 3.38. The summed E-state index contributed by atoms with van der Waals surface area (Å²) >= 11 is 0. The first kappa shape index (κ1) is 17.5. The lowest BCUT2D eigenvalue weighted by atomic mass is 10.2. The molecule has 1 fully saturated rings. The minimum absolute atomic E-state index is 0.229. The van der Waals surface area contributed by atoms with Crippen LogP contribution in [0.2, 0.25) is 0 Å². The molecule has 1 saturated heterocycles. The molecular formula is C10H18F6N2O2+2. The summed E-state index contributed by atoms with van der Waals surface area (Å²) in [4.78, 5) is 1.00. The molecule has 0 aromatic heterocycles. The van der Waals surface area contributed by atoms with E-state index in [9.17, 15) is 26.3 Å². The quantitative estimate of drug-likeness (QED) is 0.438. The van der Waals surface area contributed by atoms with Gasteiger partial charge in [0.1, 0.15) is 39.3 Å². The van der Waals surface area contributed by atoms with Gasteiger partial charge in [-0.25, -0.2) is 0 Å². The number of rotatable bonds is 4. The lowest BCUT2D eigenvalue weighted by Gasteiger charge is -2.32. The number of hydrogen-bond donors (Lipinski definition) is 4. The summed E-state index contributed by atoms with van der Waals surface area (Å²) in [7, 11) is 0. The molecule has 20 heavy (non-hydrogen) atoms. The lowest BCUT2D eigenvalue weighted by Crippen LogP contribution is -3.29. The van der Waals surface area contributed by atoms with Crippen molar-refractivity contribution in [2.24, 2.45) is 0 Å². The highest BCUT2D eigenvalue weighted by atomic mass is 19.4. The van der Waals surface area contributed by atoms with Crippen LogP contribution in [-0.2, 0) is 0 Å². The van der Waals surface area contributed by atoms with Crippen molar-refractivity contribution in [1.29, 1.82) is 0 Å².